The van der Waals surface area contributed by atoms with Gasteiger partial charge in [-0.3, -0.25) is 14.2 Å². The summed E-state index contributed by atoms with van der Waals surface area (Å²) in [5.41, 5.74) is 0.638. The summed E-state index contributed by atoms with van der Waals surface area (Å²) in [6.07, 6.45) is 7.64. The molecule has 1 unspecified atom stereocenters. The SMILES string of the molecule is CC(C)CCN(C(=O)CCC1CCCC1)C(C)c1nc2ccccc2c(=O)n1C. The summed E-state index contributed by atoms with van der Waals surface area (Å²) in [5.74, 6) is 2.06. The highest BCUT2D eigenvalue weighted by atomic mass is 16.2. The van der Waals surface area contributed by atoms with Crippen molar-refractivity contribution in [1.82, 2.24) is 14.5 Å². The number of nitrogens with zero attached hydrogens (tertiary/aromatic N) is 3. The predicted octanol–water partition coefficient (Wildman–Crippen LogP) is 4.84. The van der Waals surface area contributed by atoms with E-state index in [1.165, 1.54) is 25.7 Å². The van der Waals surface area contributed by atoms with Crippen molar-refractivity contribution in [2.24, 2.45) is 18.9 Å². The number of fused-ring (bicyclic) bond motifs is 1. The zero-order valence-corrected chi connectivity index (χ0v) is 18.4. The van der Waals surface area contributed by atoms with Crippen LogP contribution in [0, 0.1) is 11.8 Å². The maximum Gasteiger partial charge on any atom is 0.261 e. The quantitative estimate of drug-likeness (QED) is 0.640. The van der Waals surface area contributed by atoms with E-state index in [1.807, 2.05) is 36.1 Å². The van der Waals surface area contributed by atoms with Gasteiger partial charge in [0, 0.05) is 20.0 Å². The van der Waals surface area contributed by atoms with Crippen molar-refractivity contribution in [2.45, 2.75) is 71.8 Å². The third-order valence-corrected chi connectivity index (χ3v) is 6.37. The lowest BCUT2D eigenvalue weighted by molar-refractivity contribution is -0.134. The smallest absolute Gasteiger partial charge is 0.261 e. The van der Waals surface area contributed by atoms with Crippen LogP contribution < -0.4 is 5.56 Å². The van der Waals surface area contributed by atoms with E-state index in [0.29, 0.717) is 41.5 Å². The van der Waals surface area contributed by atoms with Crippen LogP contribution >= 0.6 is 0 Å². The van der Waals surface area contributed by atoms with Crippen molar-refractivity contribution in [3.8, 4) is 0 Å². The van der Waals surface area contributed by atoms with Crippen LogP contribution in [0.3, 0.4) is 0 Å². The van der Waals surface area contributed by atoms with Gasteiger partial charge in [0.25, 0.3) is 5.56 Å². The predicted molar refractivity (Wildman–Crippen MR) is 118 cm³/mol. The summed E-state index contributed by atoms with van der Waals surface area (Å²) >= 11 is 0. The van der Waals surface area contributed by atoms with Crippen LogP contribution in [0.4, 0.5) is 0 Å². The molecule has 5 heteroatoms. The second kappa shape index (κ2) is 9.55. The van der Waals surface area contributed by atoms with Crippen molar-refractivity contribution >= 4 is 16.8 Å². The molecule has 5 nitrogen and oxygen atoms in total. The van der Waals surface area contributed by atoms with Crippen LogP contribution in [0.2, 0.25) is 0 Å². The Morgan fingerprint density at radius 3 is 2.59 bits per heavy atom. The van der Waals surface area contributed by atoms with Crippen molar-refractivity contribution in [3.63, 3.8) is 0 Å². The molecule has 1 saturated carbocycles. The molecule has 1 aromatic carbocycles. The van der Waals surface area contributed by atoms with Gasteiger partial charge in [-0.25, -0.2) is 4.98 Å². The molecule has 0 radical (unpaired) electrons. The third kappa shape index (κ3) is 5.06. The topological polar surface area (TPSA) is 55.2 Å². The molecule has 0 aliphatic heterocycles. The Morgan fingerprint density at radius 2 is 1.90 bits per heavy atom. The minimum Gasteiger partial charge on any atom is -0.333 e. The summed E-state index contributed by atoms with van der Waals surface area (Å²) in [6, 6.07) is 7.20. The van der Waals surface area contributed by atoms with Crippen molar-refractivity contribution in [1.29, 1.82) is 0 Å². The van der Waals surface area contributed by atoms with Gasteiger partial charge in [-0.05, 0) is 43.7 Å². The maximum atomic E-state index is 13.2. The van der Waals surface area contributed by atoms with E-state index in [1.54, 1.807) is 11.6 Å². The van der Waals surface area contributed by atoms with Crippen LogP contribution in [0.5, 0.6) is 0 Å². The number of carbonyl (C=O) groups excluding carboxylic acids is 1. The zero-order valence-electron chi connectivity index (χ0n) is 18.4. The molecule has 1 aliphatic rings. The number of hydrogen-bond acceptors (Lipinski definition) is 3. The van der Waals surface area contributed by atoms with Gasteiger partial charge in [-0.1, -0.05) is 51.7 Å². The third-order valence-electron chi connectivity index (χ3n) is 6.37. The molecule has 1 atom stereocenters. The van der Waals surface area contributed by atoms with E-state index in [0.717, 1.165) is 12.8 Å². The maximum absolute atomic E-state index is 13.2. The summed E-state index contributed by atoms with van der Waals surface area (Å²) in [6.45, 7) is 7.06. The fraction of sp³-hybridized carbons (Fsp3) is 0.625. The highest BCUT2D eigenvalue weighted by Gasteiger charge is 2.26. The lowest BCUT2D eigenvalue weighted by Crippen LogP contribution is -2.38. The first-order valence-corrected chi connectivity index (χ1v) is 11.1. The molecule has 0 spiro atoms. The number of benzene rings is 1. The lowest BCUT2D eigenvalue weighted by Gasteiger charge is -2.31. The van der Waals surface area contributed by atoms with Gasteiger partial charge in [-0.15, -0.1) is 0 Å². The Morgan fingerprint density at radius 1 is 1.21 bits per heavy atom. The highest BCUT2D eigenvalue weighted by molar-refractivity contribution is 5.78. The number of rotatable bonds is 8. The molecule has 3 rings (SSSR count). The van der Waals surface area contributed by atoms with Gasteiger partial charge in [0.1, 0.15) is 5.82 Å². The molecule has 1 aliphatic carbocycles. The number of aromatic nitrogens is 2. The second-order valence-corrected chi connectivity index (χ2v) is 8.99. The van der Waals surface area contributed by atoms with Crippen molar-refractivity contribution in [2.75, 3.05) is 6.54 Å². The summed E-state index contributed by atoms with van der Waals surface area (Å²) < 4.78 is 1.61. The van der Waals surface area contributed by atoms with E-state index < -0.39 is 0 Å². The number of para-hydroxylation sites is 1. The Kier molecular flexibility index (Phi) is 7.09. The molecule has 158 valence electrons. The Hall–Kier alpha value is -2.17. The van der Waals surface area contributed by atoms with Crippen LogP contribution in [-0.4, -0.2) is 26.9 Å². The largest absolute Gasteiger partial charge is 0.333 e. The van der Waals surface area contributed by atoms with Crippen molar-refractivity contribution < 1.29 is 4.79 Å². The second-order valence-electron chi connectivity index (χ2n) is 8.99. The van der Waals surface area contributed by atoms with E-state index in [2.05, 4.69) is 13.8 Å². The Labute approximate surface area is 174 Å². The monoisotopic (exact) mass is 397 g/mol. The molecular formula is C24H35N3O2. The van der Waals surface area contributed by atoms with Gasteiger partial charge in [0.2, 0.25) is 5.91 Å². The fourth-order valence-electron chi connectivity index (χ4n) is 4.45. The van der Waals surface area contributed by atoms with E-state index >= 15 is 0 Å². The minimum absolute atomic E-state index is 0.0559. The molecular weight excluding hydrogens is 362 g/mol. The number of hydrogen-bond donors (Lipinski definition) is 0. The zero-order chi connectivity index (χ0) is 21.0. The average Bonchev–Trinajstić information content (AvgIpc) is 3.22. The van der Waals surface area contributed by atoms with Gasteiger partial charge < -0.3 is 4.90 Å². The molecule has 29 heavy (non-hydrogen) atoms. The van der Waals surface area contributed by atoms with Crippen molar-refractivity contribution in [3.05, 3.63) is 40.4 Å². The first kappa shape index (κ1) is 21.5. The molecule has 0 bridgehead atoms. The normalized spacial score (nSPS) is 15.9. The molecule has 1 amide bonds. The first-order chi connectivity index (χ1) is 13.9. The molecule has 0 saturated heterocycles. The minimum atomic E-state index is -0.230. The van der Waals surface area contributed by atoms with Gasteiger partial charge >= 0.3 is 0 Å². The summed E-state index contributed by atoms with van der Waals surface area (Å²) in [5, 5.41) is 0.618. The number of carbonyl (C=O) groups is 1. The van der Waals surface area contributed by atoms with Crippen LogP contribution in [-0.2, 0) is 11.8 Å². The molecule has 1 aromatic heterocycles. The Balaban J connectivity index is 1.86. The first-order valence-electron chi connectivity index (χ1n) is 11.1. The van der Waals surface area contributed by atoms with Gasteiger partial charge in [0.15, 0.2) is 0 Å². The van der Waals surface area contributed by atoms with Crippen LogP contribution in [0.1, 0.15) is 77.6 Å². The van der Waals surface area contributed by atoms with Gasteiger partial charge in [0.05, 0.1) is 16.9 Å². The lowest BCUT2D eigenvalue weighted by atomic mass is 10.0. The van der Waals surface area contributed by atoms with E-state index in [4.69, 9.17) is 4.98 Å². The molecule has 1 fully saturated rings. The molecule has 1 heterocycles. The summed E-state index contributed by atoms with van der Waals surface area (Å²) in [4.78, 5) is 32.8. The average molecular weight is 398 g/mol. The fourth-order valence-corrected chi connectivity index (χ4v) is 4.45. The molecule has 2 aromatic rings. The van der Waals surface area contributed by atoms with E-state index in [-0.39, 0.29) is 17.5 Å². The highest BCUT2D eigenvalue weighted by Crippen LogP contribution is 2.30. The molecule has 0 N–H and O–H groups in total. The Bertz CT molecular complexity index is 897. The summed E-state index contributed by atoms with van der Waals surface area (Å²) in [7, 11) is 1.76. The standard InChI is InChI=1S/C24H35N3O2/c1-17(2)15-16-27(22(28)14-13-19-9-5-6-10-19)18(3)23-25-21-12-8-7-11-20(21)24(29)26(23)4/h7-8,11-12,17-19H,5-6,9-10,13-16H2,1-4H3. The van der Waals surface area contributed by atoms with Crippen LogP contribution in [0.25, 0.3) is 10.9 Å². The van der Waals surface area contributed by atoms with Crippen LogP contribution in [0.15, 0.2) is 29.1 Å². The number of amides is 1. The van der Waals surface area contributed by atoms with E-state index in [9.17, 15) is 9.59 Å². The van der Waals surface area contributed by atoms with Gasteiger partial charge in [-0.2, -0.15) is 0 Å².